The number of hydrogen-bond donors (Lipinski definition) is 1. The van der Waals surface area contributed by atoms with Crippen LogP contribution in [0.15, 0.2) is 54.9 Å². The summed E-state index contributed by atoms with van der Waals surface area (Å²) in [5.74, 6) is -0.0708. The summed E-state index contributed by atoms with van der Waals surface area (Å²) in [6.45, 7) is 2.01. The SMILES string of the molecule is CCOC(=O)c1ccn(-c2ccccc2NC(=O)c2ccnc(N(C)C)c2)n1. The van der Waals surface area contributed by atoms with E-state index in [0.29, 0.717) is 22.8 Å². The van der Waals surface area contributed by atoms with E-state index in [1.807, 2.05) is 31.1 Å². The molecule has 28 heavy (non-hydrogen) atoms. The van der Waals surface area contributed by atoms with Crippen molar-refractivity contribution in [3.05, 3.63) is 66.1 Å². The van der Waals surface area contributed by atoms with Crippen LogP contribution in [0.1, 0.15) is 27.8 Å². The lowest BCUT2D eigenvalue weighted by Crippen LogP contribution is -2.16. The first kappa shape index (κ1) is 19.1. The quantitative estimate of drug-likeness (QED) is 0.663. The first-order chi connectivity index (χ1) is 13.5. The van der Waals surface area contributed by atoms with Crippen molar-refractivity contribution in [2.24, 2.45) is 0 Å². The van der Waals surface area contributed by atoms with E-state index in [9.17, 15) is 9.59 Å². The van der Waals surface area contributed by atoms with Crippen molar-refractivity contribution >= 4 is 23.4 Å². The molecule has 0 unspecified atom stereocenters. The smallest absolute Gasteiger partial charge is 0.358 e. The molecule has 0 aliphatic rings. The zero-order valence-electron chi connectivity index (χ0n) is 15.9. The lowest BCUT2D eigenvalue weighted by Gasteiger charge is -2.13. The average molecular weight is 379 g/mol. The maximum absolute atomic E-state index is 12.7. The minimum absolute atomic E-state index is 0.202. The van der Waals surface area contributed by atoms with Gasteiger partial charge in [-0.1, -0.05) is 12.1 Å². The third kappa shape index (κ3) is 4.17. The summed E-state index contributed by atoms with van der Waals surface area (Å²) in [5.41, 5.74) is 1.89. The molecule has 0 bridgehead atoms. The fourth-order valence-electron chi connectivity index (χ4n) is 2.55. The number of para-hydroxylation sites is 2. The molecular formula is C20H21N5O3. The maximum Gasteiger partial charge on any atom is 0.358 e. The standard InChI is InChI=1S/C20H21N5O3/c1-4-28-20(27)16-10-12-25(23-16)17-8-6-5-7-15(17)22-19(26)14-9-11-21-18(13-14)24(2)3/h5-13H,4H2,1-3H3,(H,22,26). The van der Waals surface area contributed by atoms with Crippen LogP contribution in [-0.4, -0.2) is 47.3 Å². The number of pyridine rings is 1. The van der Waals surface area contributed by atoms with E-state index in [4.69, 9.17) is 4.74 Å². The Labute approximate surface area is 162 Å². The number of hydrogen-bond acceptors (Lipinski definition) is 6. The third-order valence-electron chi connectivity index (χ3n) is 3.94. The van der Waals surface area contributed by atoms with Crippen molar-refractivity contribution in [3.8, 4) is 5.69 Å². The largest absolute Gasteiger partial charge is 0.461 e. The Morgan fingerprint density at radius 1 is 1.18 bits per heavy atom. The molecule has 8 heteroatoms. The number of carbonyl (C=O) groups is 2. The predicted octanol–water partition coefficient (Wildman–Crippen LogP) is 2.76. The molecule has 1 aromatic carbocycles. The molecule has 2 heterocycles. The molecule has 0 fully saturated rings. The van der Waals surface area contributed by atoms with Gasteiger partial charge in [0.1, 0.15) is 5.82 Å². The van der Waals surface area contributed by atoms with Crippen LogP contribution < -0.4 is 10.2 Å². The summed E-state index contributed by atoms with van der Waals surface area (Å²) in [5, 5.41) is 7.14. The van der Waals surface area contributed by atoms with Crippen LogP contribution in [0.25, 0.3) is 5.69 Å². The van der Waals surface area contributed by atoms with Crippen LogP contribution in [0, 0.1) is 0 Å². The molecule has 2 aromatic heterocycles. The Bertz CT molecular complexity index is 997. The Morgan fingerprint density at radius 2 is 1.96 bits per heavy atom. The van der Waals surface area contributed by atoms with Gasteiger partial charge in [0.25, 0.3) is 5.91 Å². The number of amides is 1. The number of carbonyl (C=O) groups excluding carboxylic acids is 2. The number of rotatable bonds is 6. The molecule has 3 rings (SSSR count). The molecule has 1 amide bonds. The van der Waals surface area contributed by atoms with Crippen molar-refractivity contribution in [2.75, 3.05) is 30.9 Å². The van der Waals surface area contributed by atoms with Crippen molar-refractivity contribution < 1.29 is 14.3 Å². The van der Waals surface area contributed by atoms with Gasteiger partial charge in [-0.2, -0.15) is 5.10 Å². The fourth-order valence-corrected chi connectivity index (χ4v) is 2.55. The zero-order chi connectivity index (χ0) is 20.1. The van der Waals surface area contributed by atoms with Crippen molar-refractivity contribution in [1.82, 2.24) is 14.8 Å². The summed E-state index contributed by atoms with van der Waals surface area (Å²) in [4.78, 5) is 30.6. The molecule has 0 atom stereocenters. The number of esters is 1. The number of anilines is 2. The number of aromatic nitrogens is 3. The Kier molecular flexibility index (Phi) is 5.69. The number of nitrogens with zero attached hydrogens (tertiary/aromatic N) is 4. The Morgan fingerprint density at radius 3 is 2.71 bits per heavy atom. The van der Waals surface area contributed by atoms with Crippen molar-refractivity contribution in [3.63, 3.8) is 0 Å². The van der Waals surface area contributed by atoms with Gasteiger partial charge in [-0.15, -0.1) is 0 Å². The average Bonchev–Trinajstić information content (AvgIpc) is 3.19. The van der Waals surface area contributed by atoms with E-state index in [2.05, 4.69) is 15.4 Å². The normalized spacial score (nSPS) is 10.4. The van der Waals surface area contributed by atoms with Gasteiger partial charge in [-0.25, -0.2) is 14.5 Å². The van der Waals surface area contributed by atoms with E-state index >= 15 is 0 Å². The van der Waals surface area contributed by atoms with Crippen LogP contribution >= 0.6 is 0 Å². The predicted molar refractivity (Wildman–Crippen MR) is 106 cm³/mol. The summed E-state index contributed by atoms with van der Waals surface area (Å²) in [6.07, 6.45) is 3.24. The number of nitrogens with one attached hydrogen (secondary N) is 1. The molecule has 0 saturated carbocycles. The molecule has 0 saturated heterocycles. The Hall–Kier alpha value is -3.68. The van der Waals surface area contributed by atoms with E-state index in [1.54, 1.807) is 49.6 Å². The van der Waals surface area contributed by atoms with Gasteiger partial charge < -0.3 is 15.0 Å². The molecule has 144 valence electrons. The monoisotopic (exact) mass is 379 g/mol. The number of ether oxygens (including phenoxy) is 1. The first-order valence-corrected chi connectivity index (χ1v) is 8.76. The van der Waals surface area contributed by atoms with Crippen LogP contribution in [0.3, 0.4) is 0 Å². The molecule has 0 aliphatic heterocycles. The zero-order valence-corrected chi connectivity index (χ0v) is 15.9. The summed E-state index contributed by atoms with van der Waals surface area (Å²) < 4.78 is 6.49. The van der Waals surface area contributed by atoms with E-state index in [0.717, 1.165) is 0 Å². The van der Waals surface area contributed by atoms with Gasteiger partial charge in [0.2, 0.25) is 0 Å². The van der Waals surface area contributed by atoms with Crippen LogP contribution in [-0.2, 0) is 4.74 Å². The molecule has 0 aliphatic carbocycles. The van der Waals surface area contributed by atoms with E-state index in [-0.39, 0.29) is 18.2 Å². The van der Waals surface area contributed by atoms with Gasteiger partial charge in [0, 0.05) is 32.1 Å². The molecule has 3 aromatic rings. The molecule has 8 nitrogen and oxygen atoms in total. The molecule has 0 radical (unpaired) electrons. The van der Waals surface area contributed by atoms with Gasteiger partial charge in [-0.05, 0) is 37.3 Å². The molecule has 0 spiro atoms. The molecular weight excluding hydrogens is 358 g/mol. The lowest BCUT2D eigenvalue weighted by molar-refractivity contribution is 0.0519. The van der Waals surface area contributed by atoms with Gasteiger partial charge in [0.05, 0.1) is 18.0 Å². The first-order valence-electron chi connectivity index (χ1n) is 8.76. The second-order valence-electron chi connectivity index (χ2n) is 6.13. The highest BCUT2D eigenvalue weighted by Crippen LogP contribution is 2.21. The highest BCUT2D eigenvalue weighted by Gasteiger charge is 2.15. The molecule has 1 N–H and O–H groups in total. The summed E-state index contributed by atoms with van der Waals surface area (Å²) >= 11 is 0. The lowest BCUT2D eigenvalue weighted by atomic mass is 10.2. The van der Waals surface area contributed by atoms with E-state index < -0.39 is 5.97 Å². The Balaban J connectivity index is 1.86. The summed E-state index contributed by atoms with van der Waals surface area (Å²) in [7, 11) is 3.72. The van der Waals surface area contributed by atoms with Crippen LogP contribution in [0.5, 0.6) is 0 Å². The van der Waals surface area contributed by atoms with Crippen molar-refractivity contribution in [1.29, 1.82) is 0 Å². The van der Waals surface area contributed by atoms with Crippen molar-refractivity contribution in [2.45, 2.75) is 6.92 Å². The topological polar surface area (TPSA) is 89.3 Å². The fraction of sp³-hybridized carbons (Fsp3) is 0.200. The second-order valence-corrected chi connectivity index (χ2v) is 6.13. The van der Waals surface area contributed by atoms with Crippen LogP contribution in [0.2, 0.25) is 0 Å². The minimum Gasteiger partial charge on any atom is -0.461 e. The van der Waals surface area contributed by atoms with Gasteiger partial charge in [0.15, 0.2) is 5.69 Å². The maximum atomic E-state index is 12.7. The third-order valence-corrected chi connectivity index (χ3v) is 3.94. The number of benzene rings is 1. The second kappa shape index (κ2) is 8.34. The highest BCUT2D eigenvalue weighted by molar-refractivity contribution is 6.05. The van der Waals surface area contributed by atoms with Gasteiger partial charge >= 0.3 is 5.97 Å². The van der Waals surface area contributed by atoms with Gasteiger partial charge in [-0.3, -0.25) is 4.79 Å². The van der Waals surface area contributed by atoms with Crippen LogP contribution in [0.4, 0.5) is 11.5 Å². The summed E-state index contributed by atoms with van der Waals surface area (Å²) in [6, 6.07) is 12.1. The minimum atomic E-state index is -0.490. The van der Waals surface area contributed by atoms with E-state index in [1.165, 1.54) is 4.68 Å². The highest BCUT2D eigenvalue weighted by atomic mass is 16.5.